The van der Waals surface area contributed by atoms with Crippen molar-refractivity contribution in [1.82, 2.24) is 10.2 Å². The van der Waals surface area contributed by atoms with Gasteiger partial charge in [0.2, 0.25) is 0 Å². The van der Waals surface area contributed by atoms with Crippen LogP contribution < -0.4 is 4.90 Å². The summed E-state index contributed by atoms with van der Waals surface area (Å²) in [5, 5.41) is 9.48. The van der Waals surface area contributed by atoms with Gasteiger partial charge in [-0.15, -0.1) is 11.3 Å². The van der Waals surface area contributed by atoms with Crippen molar-refractivity contribution in [3.8, 4) is 10.6 Å². The van der Waals surface area contributed by atoms with E-state index in [-0.39, 0.29) is 17.9 Å². The maximum atomic E-state index is 13.5. The van der Waals surface area contributed by atoms with Crippen LogP contribution in [0.5, 0.6) is 0 Å². The summed E-state index contributed by atoms with van der Waals surface area (Å²) >= 11 is 1.60. The molecule has 0 bridgehead atoms. The second kappa shape index (κ2) is 8.09. The zero-order valence-electron chi connectivity index (χ0n) is 17.7. The monoisotopic (exact) mass is 443 g/mol. The Morgan fingerprint density at radius 1 is 1.12 bits per heavy atom. The second-order valence-corrected chi connectivity index (χ2v) is 8.54. The number of anilines is 1. The third-order valence-electron chi connectivity index (χ3n) is 5.57. The van der Waals surface area contributed by atoms with Crippen LogP contribution in [0, 0.1) is 6.92 Å². The molecule has 1 aliphatic rings. The van der Waals surface area contributed by atoms with Crippen molar-refractivity contribution in [2.75, 3.05) is 11.5 Å². The Morgan fingerprint density at radius 3 is 2.53 bits per heavy atom. The van der Waals surface area contributed by atoms with Crippen LogP contribution in [0.25, 0.3) is 10.6 Å². The minimum atomic E-state index is -0.380. The zero-order chi connectivity index (χ0) is 22.2. The number of aryl methyl sites for hydroxylation is 1. The van der Waals surface area contributed by atoms with E-state index in [1.807, 2.05) is 48.7 Å². The lowest BCUT2D eigenvalue weighted by atomic mass is 9.97. The highest BCUT2D eigenvalue weighted by molar-refractivity contribution is 7.13. The lowest BCUT2D eigenvalue weighted by Gasteiger charge is -2.26. The van der Waals surface area contributed by atoms with Gasteiger partial charge < -0.3 is 4.74 Å². The first-order chi connectivity index (χ1) is 15.6. The molecule has 2 aromatic heterocycles. The number of nitrogens with zero attached hydrogens (tertiary/aromatic N) is 2. The van der Waals surface area contributed by atoms with Crippen LogP contribution in [0.1, 0.15) is 50.5 Å². The number of aromatic nitrogens is 2. The number of hydrogen-bond acceptors (Lipinski definition) is 5. The summed E-state index contributed by atoms with van der Waals surface area (Å²) in [5.74, 6) is -0.552. The smallest absolute Gasteiger partial charge is 0.338 e. The first kappa shape index (κ1) is 20.2. The number of carbonyl (C=O) groups is 2. The van der Waals surface area contributed by atoms with E-state index in [4.69, 9.17) is 4.74 Å². The average Bonchev–Trinajstić information content (AvgIpc) is 3.53. The summed E-state index contributed by atoms with van der Waals surface area (Å²) < 4.78 is 5.08. The Labute approximate surface area is 189 Å². The van der Waals surface area contributed by atoms with Gasteiger partial charge in [-0.3, -0.25) is 14.8 Å². The predicted molar refractivity (Wildman–Crippen MR) is 124 cm³/mol. The fourth-order valence-corrected chi connectivity index (χ4v) is 4.79. The summed E-state index contributed by atoms with van der Waals surface area (Å²) in [6.45, 7) is 4.12. The number of amides is 1. The highest BCUT2D eigenvalue weighted by Gasteiger charge is 2.43. The molecular formula is C25H21N3O3S. The number of carbonyl (C=O) groups excluding carboxylic acids is 2. The van der Waals surface area contributed by atoms with Gasteiger partial charge in [0.25, 0.3) is 5.91 Å². The molecule has 6 nitrogen and oxygen atoms in total. The highest BCUT2D eigenvalue weighted by atomic mass is 32.1. The number of nitrogens with one attached hydrogen (secondary N) is 1. The summed E-state index contributed by atoms with van der Waals surface area (Å²) in [5.41, 5.74) is 5.45. The molecule has 0 unspecified atom stereocenters. The summed E-state index contributed by atoms with van der Waals surface area (Å²) in [7, 11) is 0. The number of thiophene rings is 1. The Balaban J connectivity index is 1.62. The van der Waals surface area contributed by atoms with E-state index in [1.54, 1.807) is 47.4 Å². The molecule has 1 aliphatic heterocycles. The largest absolute Gasteiger partial charge is 0.462 e. The molecule has 0 saturated heterocycles. The maximum Gasteiger partial charge on any atom is 0.338 e. The van der Waals surface area contributed by atoms with E-state index in [1.165, 1.54) is 0 Å². The van der Waals surface area contributed by atoms with Crippen molar-refractivity contribution < 1.29 is 14.3 Å². The van der Waals surface area contributed by atoms with E-state index >= 15 is 0 Å². The molecule has 160 valence electrons. The van der Waals surface area contributed by atoms with E-state index in [0.717, 1.165) is 27.3 Å². The number of rotatable bonds is 5. The third kappa shape index (κ3) is 3.31. The SMILES string of the molecule is CCOC(=O)c1ccc(N2C(=O)c3n[nH]c(-c4cccs4)c3[C@@H]2c2ccc(C)cc2)cc1. The summed E-state index contributed by atoms with van der Waals surface area (Å²) in [6, 6.07) is 18.8. The third-order valence-corrected chi connectivity index (χ3v) is 6.46. The molecule has 3 heterocycles. The number of esters is 1. The zero-order valence-corrected chi connectivity index (χ0v) is 18.5. The Morgan fingerprint density at radius 2 is 1.88 bits per heavy atom. The van der Waals surface area contributed by atoms with E-state index in [9.17, 15) is 9.59 Å². The molecule has 32 heavy (non-hydrogen) atoms. The molecule has 0 radical (unpaired) electrons. The fraction of sp³-hybridized carbons (Fsp3) is 0.160. The molecule has 5 rings (SSSR count). The van der Waals surface area contributed by atoms with E-state index < -0.39 is 0 Å². The van der Waals surface area contributed by atoms with E-state index in [0.29, 0.717) is 23.6 Å². The predicted octanol–water partition coefficient (Wildman–Crippen LogP) is 5.37. The van der Waals surface area contributed by atoms with Gasteiger partial charge in [0.05, 0.1) is 28.8 Å². The van der Waals surface area contributed by atoms with Gasteiger partial charge in [-0.25, -0.2) is 4.79 Å². The topological polar surface area (TPSA) is 75.3 Å². The van der Waals surface area contributed by atoms with Crippen molar-refractivity contribution in [1.29, 1.82) is 0 Å². The Bertz CT molecular complexity index is 1280. The Hall–Kier alpha value is -3.71. The Kier molecular flexibility index (Phi) is 5.11. The molecule has 1 amide bonds. The molecule has 1 N–H and O–H groups in total. The standard InChI is InChI=1S/C25H21N3O3S/c1-3-31-25(30)17-10-12-18(13-11-17)28-23(16-8-6-15(2)7-9-16)20-21(19-5-4-14-32-19)26-27-22(20)24(28)29/h4-14,23H,3H2,1-2H3,(H,26,27)/t23-/m0/s1. The van der Waals surface area contributed by atoms with E-state index in [2.05, 4.69) is 10.2 Å². The molecule has 1 atom stereocenters. The van der Waals surface area contributed by atoms with Gasteiger partial charge in [-0.2, -0.15) is 5.10 Å². The first-order valence-electron chi connectivity index (χ1n) is 10.4. The minimum absolute atomic E-state index is 0.173. The van der Waals surface area contributed by atoms with Crippen LogP contribution in [-0.2, 0) is 4.74 Å². The number of benzene rings is 2. The quantitative estimate of drug-likeness (QED) is 0.421. The van der Waals surface area contributed by atoms with Gasteiger partial charge in [-0.1, -0.05) is 35.9 Å². The molecule has 0 saturated carbocycles. The van der Waals surface area contributed by atoms with Crippen molar-refractivity contribution in [2.45, 2.75) is 19.9 Å². The van der Waals surface area contributed by atoms with Crippen LogP contribution >= 0.6 is 11.3 Å². The number of fused-ring (bicyclic) bond motifs is 1. The van der Waals surface area contributed by atoms with Crippen LogP contribution in [-0.4, -0.2) is 28.7 Å². The normalized spacial score (nSPS) is 15.1. The summed E-state index contributed by atoms with van der Waals surface area (Å²) in [4.78, 5) is 28.3. The number of hydrogen-bond donors (Lipinski definition) is 1. The number of H-pyrrole nitrogens is 1. The van der Waals surface area contributed by atoms with Crippen molar-refractivity contribution in [3.05, 3.63) is 94.0 Å². The number of ether oxygens (including phenoxy) is 1. The highest BCUT2D eigenvalue weighted by Crippen LogP contribution is 2.45. The molecule has 7 heteroatoms. The van der Waals surface area contributed by atoms with Crippen LogP contribution in [0.3, 0.4) is 0 Å². The molecule has 0 fully saturated rings. The van der Waals surface area contributed by atoms with Gasteiger partial charge in [0.1, 0.15) is 0 Å². The molecule has 0 spiro atoms. The molecule has 0 aliphatic carbocycles. The van der Waals surface area contributed by atoms with Gasteiger partial charge in [0.15, 0.2) is 5.69 Å². The molecular weight excluding hydrogens is 422 g/mol. The fourth-order valence-electron chi connectivity index (χ4n) is 4.05. The minimum Gasteiger partial charge on any atom is -0.462 e. The average molecular weight is 444 g/mol. The van der Waals surface area contributed by atoms with Crippen LogP contribution in [0.2, 0.25) is 0 Å². The number of aromatic amines is 1. The van der Waals surface area contributed by atoms with Gasteiger partial charge in [0, 0.05) is 11.3 Å². The van der Waals surface area contributed by atoms with Gasteiger partial charge in [-0.05, 0) is 55.1 Å². The maximum absolute atomic E-state index is 13.5. The lowest BCUT2D eigenvalue weighted by Crippen LogP contribution is -2.29. The lowest BCUT2D eigenvalue weighted by molar-refractivity contribution is 0.0526. The van der Waals surface area contributed by atoms with Crippen LogP contribution in [0.15, 0.2) is 66.0 Å². The molecule has 4 aromatic rings. The second-order valence-electron chi connectivity index (χ2n) is 7.59. The molecule has 2 aromatic carbocycles. The van der Waals surface area contributed by atoms with Crippen molar-refractivity contribution >= 4 is 28.9 Å². The van der Waals surface area contributed by atoms with Gasteiger partial charge >= 0.3 is 5.97 Å². The van der Waals surface area contributed by atoms with Crippen molar-refractivity contribution in [2.24, 2.45) is 0 Å². The van der Waals surface area contributed by atoms with Crippen molar-refractivity contribution in [3.63, 3.8) is 0 Å². The van der Waals surface area contributed by atoms with Crippen LogP contribution in [0.4, 0.5) is 5.69 Å². The first-order valence-corrected chi connectivity index (χ1v) is 11.3. The summed E-state index contributed by atoms with van der Waals surface area (Å²) in [6.07, 6.45) is 0.